The molecule has 2 heterocycles. The Labute approximate surface area is 166 Å². The summed E-state index contributed by atoms with van der Waals surface area (Å²) in [5.41, 5.74) is 4.81. The molecule has 29 heavy (non-hydrogen) atoms. The van der Waals surface area contributed by atoms with Gasteiger partial charge in [0.15, 0.2) is 5.82 Å². The van der Waals surface area contributed by atoms with Gasteiger partial charge in [0.1, 0.15) is 12.1 Å². The molecule has 4 atom stereocenters. The molecule has 0 radical (unpaired) electrons. The Morgan fingerprint density at radius 2 is 2.07 bits per heavy atom. The van der Waals surface area contributed by atoms with Crippen LogP contribution in [0.3, 0.4) is 0 Å². The lowest BCUT2D eigenvalue weighted by Crippen LogP contribution is -2.52. The van der Waals surface area contributed by atoms with Crippen molar-refractivity contribution in [3.63, 3.8) is 0 Å². The number of aliphatic hydroxyl groups is 1. The summed E-state index contributed by atoms with van der Waals surface area (Å²) in [7, 11) is -4.57. The summed E-state index contributed by atoms with van der Waals surface area (Å²) in [5, 5.41) is 25.5. The van der Waals surface area contributed by atoms with Gasteiger partial charge in [-0.15, -0.1) is 0 Å². The van der Waals surface area contributed by atoms with E-state index in [9.17, 15) is 23.1 Å². The monoisotopic (exact) mass is 432 g/mol. The first-order valence-electron chi connectivity index (χ1n) is 8.77. The molecule has 0 saturated carbocycles. The van der Waals surface area contributed by atoms with Crippen molar-refractivity contribution in [2.45, 2.75) is 50.4 Å². The molecule has 1 aliphatic rings. The van der Waals surface area contributed by atoms with E-state index in [-0.39, 0.29) is 17.8 Å². The Bertz CT molecular complexity index is 862. The van der Waals surface area contributed by atoms with Crippen molar-refractivity contribution in [1.29, 1.82) is 0 Å². The highest BCUT2D eigenvalue weighted by molar-refractivity contribution is 7.87. The normalized spacial score (nSPS) is 20.6. The second kappa shape index (κ2) is 9.41. The van der Waals surface area contributed by atoms with Crippen LogP contribution in [0, 0.1) is 0 Å². The van der Waals surface area contributed by atoms with Crippen LogP contribution >= 0.6 is 0 Å². The quantitative estimate of drug-likeness (QED) is 0.229. The molecule has 1 aromatic rings. The summed E-state index contributed by atoms with van der Waals surface area (Å²) in [5.74, 6) is -2.63. The maximum atomic E-state index is 12.4. The first-order chi connectivity index (χ1) is 13.5. The van der Waals surface area contributed by atoms with Gasteiger partial charge in [0, 0.05) is 5.57 Å². The number of rotatable bonds is 10. The first kappa shape index (κ1) is 22.9. The fourth-order valence-corrected chi connectivity index (χ4v) is 3.96. The highest BCUT2D eigenvalue weighted by Gasteiger charge is 2.34. The van der Waals surface area contributed by atoms with Gasteiger partial charge < -0.3 is 25.8 Å². The SMILES string of the molecule is C=C(C(N)=O)[C@H](NS(=O)(=O)N[C@H](C(=O)O)C(C)O)c1nc([C@H]2CCCCN2)no1. The number of carboxylic acid groups (broad SMARTS) is 1. The molecular weight excluding hydrogens is 408 g/mol. The molecular formula is C15H24N6O7S. The van der Waals surface area contributed by atoms with Crippen molar-refractivity contribution in [3.8, 4) is 0 Å². The van der Waals surface area contributed by atoms with E-state index in [1.165, 1.54) is 0 Å². The largest absolute Gasteiger partial charge is 0.480 e. The van der Waals surface area contributed by atoms with Gasteiger partial charge >= 0.3 is 5.97 Å². The number of primary amides is 1. The molecule has 13 nitrogen and oxygen atoms in total. The van der Waals surface area contributed by atoms with E-state index in [1.807, 2.05) is 4.72 Å². The van der Waals surface area contributed by atoms with Gasteiger partial charge in [0.25, 0.3) is 10.2 Å². The van der Waals surface area contributed by atoms with Crippen molar-refractivity contribution in [2.75, 3.05) is 6.54 Å². The van der Waals surface area contributed by atoms with E-state index in [0.717, 1.165) is 32.7 Å². The standard InChI is InChI=1S/C15H24N6O7S/c1-7(12(16)23)10(20-29(26,27)21-11(8(2)22)15(24)25)14-18-13(19-28-14)9-5-3-4-6-17-9/h8-11,17,20-22H,1,3-6H2,2H3,(H2,16,23)(H,24,25)/t8?,9-,10+,11+/m1/s1. The number of piperidine rings is 1. The van der Waals surface area contributed by atoms with Crippen molar-refractivity contribution < 1.29 is 32.7 Å². The van der Waals surface area contributed by atoms with Gasteiger partial charge in [-0.05, 0) is 26.3 Å². The summed E-state index contributed by atoms with van der Waals surface area (Å²) >= 11 is 0. The maximum Gasteiger partial charge on any atom is 0.324 e. The Morgan fingerprint density at radius 1 is 1.38 bits per heavy atom. The van der Waals surface area contributed by atoms with E-state index >= 15 is 0 Å². The van der Waals surface area contributed by atoms with E-state index in [1.54, 1.807) is 4.72 Å². The van der Waals surface area contributed by atoms with Crippen LogP contribution < -0.4 is 20.5 Å². The third-order valence-electron chi connectivity index (χ3n) is 4.29. The van der Waals surface area contributed by atoms with Gasteiger partial charge in [0.05, 0.1) is 12.1 Å². The Hall–Kier alpha value is -2.39. The van der Waals surface area contributed by atoms with Crippen LogP contribution in [0.1, 0.15) is 50.0 Å². The lowest BCUT2D eigenvalue weighted by Gasteiger charge is -2.21. The topological polar surface area (TPSA) is 210 Å². The lowest BCUT2D eigenvalue weighted by molar-refractivity contribution is -0.141. The number of hydrogen-bond donors (Lipinski definition) is 6. The van der Waals surface area contributed by atoms with Crippen LogP contribution in [0.4, 0.5) is 0 Å². The number of nitrogens with two attached hydrogens (primary N) is 1. The van der Waals surface area contributed by atoms with Gasteiger partial charge in [-0.2, -0.15) is 22.8 Å². The summed E-state index contributed by atoms with van der Waals surface area (Å²) in [4.78, 5) is 26.9. The number of hydrogen-bond acceptors (Lipinski definition) is 9. The predicted octanol–water partition coefficient (Wildman–Crippen LogP) is -1.78. The molecule has 1 amide bonds. The van der Waals surface area contributed by atoms with Crippen LogP contribution in [-0.4, -0.2) is 59.3 Å². The number of carboxylic acids is 1. The van der Waals surface area contributed by atoms with Gasteiger partial charge in [-0.3, -0.25) is 9.59 Å². The number of aliphatic hydroxyl groups excluding tert-OH is 1. The minimum absolute atomic E-state index is 0.190. The minimum Gasteiger partial charge on any atom is -0.480 e. The molecule has 1 aromatic heterocycles. The zero-order chi connectivity index (χ0) is 21.8. The summed E-state index contributed by atoms with van der Waals surface area (Å²) < 4.78 is 33.7. The smallest absolute Gasteiger partial charge is 0.324 e. The molecule has 1 unspecified atom stereocenters. The van der Waals surface area contributed by atoms with E-state index in [0.29, 0.717) is 0 Å². The average molecular weight is 432 g/mol. The summed E-state index contributed by atoms with van der Waals surface area (Å²) in [6, 6.07) is -3.55. The van der Waals surface area contributed by atoms with Gasteiger partial charge in [-0.25, -0.2) is 0 Å². The van der Waals surface area contributed by atoms with Crippen LogP contribution in [0.2, 0.25) is 0 Å². The van der Waals surface area contributed by atoms with Gasteiger partial charge in [-0.1, -0.05) is 18.2 Å². The predicted molar refractivity (Wildman–Crippen MR) is 98.3 cm³/mol. The van der Waals surface area contributed by atoms with E-state index < -0.39 is 45.8 Å². The number of aromatic nitrogens is 2. The molecule has 1 fully saturated rings. The molecule has 0 spiro atoms. The van der Waals surface area contributed by atoms with Crippen LogP contribution in [0.25, 0.3) is 0 Å². The summed E-state index contributed by atoms with van der Waals surface area (Å²) in [6.45, 7) is 5.31. The number of carbonyl (C=O) groups excluding carboxylic acids is 1. The Balaban J connectivity index is 2.27. The van der Waals surface area contributed by atoms with Crippen LogP contribution in [0.15, 0.2) is 16.7 Å². The highest BCUT2D eigenvalue weighted by atomic mass is 32.2. The van der Waals surface area contributed by atoms with Crippen molar-refractivity contribution in [2.24, 2.45) is 5.73 Å². The average Bonchev–Trinajstić information content (AvgIpc) is 3.14. The lowest BCUT2D eigenvalue weighted by atomic mass is 10.0. The molecule has 7 N–H and O–H groups in total. The molecule has 2 rings (SSSR count). The molecule has 1 aliphatic heterocycles. The maximum absolute atomic E-state index is 12.4. The van der Waals surface area contributed by atoms with Crippen molar-refractivity contribution >= 4 is 22.1 Å². The molecule has 0 aliphatic carbocycles. The van der Waals surface area contributed by atoms with Crippen molar-refractivity contribution in [3.05, 3.63) is 23.9 Å². The summed E-state index contributed by atoms with van der Waals surface area (Å²) in [6.07, 6.45) is 1.17. The number of aliphatic carboxylic acids is 1. The molecule has 0 bridgehead atoms. The first-order valence-corrected chi connectivity index (χ1v) is 10.3. The molecule has 14 heteroatoms. The molecule has 0 aromatic carbocycles. The number of nitrogens with one attached hydrogen (secondary N) is 3. The van der Waals surface area contributed by atoms with Gasteiger partial charge in [0.2, 0.25) is 11.8 Å². The number of carbonyl (C=O) groups is 2. The zero-order valence-corrected chi connectivity index (χ0v) is 16.5. The fourth-order valence-electron chi connectivity index (χ4n) is 2.70. The third kappa shape index (κ3) is 6.04. The molecule has 1 saturated heterocycles. The Kier molecular flexibility index (Phi) is 7.43. The minimum atomic E-state index is -4.57. The van der Waals surface area contributed by atoms with E-state index in [4.69, 9.17) is 15.4 Å². The van der Waals surface area contributed by atoms with Crippen molar-refractivity contribution in [1.82, 2.24) is 24.9 Å². The van der Waals surface area contributed by atoms with Crippen LogP contribution in [-0.2, 0) is 19.8 Å². The second-order valence-corrected chi connectivity index (χ2v) is 8.09. The molecule has 162 valence electrons. The third-order valence-corrected chi connectivity index (χ3v) is 5.41. The fraction of sp³-hybridized carbons (Fsp3) is 0.600. The highest BCUT2D eigenvalue weighted by Crippen LogP contribution is 2.24. The number of nitrogens with zero attached hydrogens (tertiary/aromatic N) is 2. The van der Waals surface area contributed by atoms with E-state index in [2.05, 4.69) is 22.0 Å². The Morgan fingerprint density at radius 3 is 2.59 bits per heavy atom. The number of amides is 1. The zero-order valence-electron chi connectivity index (χ0n) is 15.7. The van der Waals surface area contributed by atoms with Crippen LogP contribution in [0.5, 0.6) is 0 Å². The second-order valence-electron chi connectivity index (χ2n) is 6.61.